The summed E-state index contributed by atoms with van der Waals surface area (Å²) in [5.41, 5.74) is 0.866. The van der Waals surface area contributed by atoms with Crippen molar-refractivity contribution < 1.29 is 13.7 Å². The molecular formula is C17H19N3O3. The van der Waals surface area contributed by atoms with Gasteiger partial charge in [-0.2, -0.15) is 4.98 Å². The summed E-state index contributed by atoms with van der Waals surface area (Å²) < 4.78 is 16.5. The summed E-state index contributed by atoms with van der Waals surface area (Å²) >= 11 is 0. The fourth-order valence-electron chi connectivity index (χ4n) is 2.12. The Morgan fingerprint density at radius 3 is 2.83 bits per heavy atom. The molecule has 0 bridgehead atoms. The van der Waals surface area contributed by atoms with Crippen LogP contribution in [0.5, 0.6) is 5.75 Å². The van der Waals surface area contributed by atoms with E-state index in [2.05, 4.69) is 22.4 Å². The molecule has 0 aliphatic heterocycles. The monoisotopic (exact) mass is 313 g/mol. The van der Waals surface area contributed by atoms with Crippen LogP contribution in [0.25, 0.3) is 11.7 Å². The number of hydrogen-bond donors (Lipinski definition) is 1. The molecule has 3 rings (SSSR count). The first-order valence-corrected chi connectivity index (χ1v) is 7.50. The van der Waals surface area contributed by atoms with Crippen LogP contribution in [0.15, 0.2) is 51.6 Å². The van der Waals surface area contributed by atoms with Crippen molar-refractivity contribution in [3.05, 3.63) is 54.0 Å². The van der Waals surface area contributed by atoms with Crippen LogP contribution in [-0.4, -0.2) is 23.2 Å². The molecule has 2 heterocycles. The molecule has 6 heteroatoms. The molecule has 120 valence electrons. The fourth-order valence-corrected chi connectivity index (χ4v) is 2.12. The minimum atomic E-state index is 0.276. The van der Waals surface area contributed by atoms with Crippen molar-refractivity contribution in [3.63, 3.8) is 0 Å². The molecule has 0 saturated heterocycles. The smallest absolute Gasteiger partial charge is 0.294 e. The maximum Gasteiger partial charge on any atom is 0.294 e. The van der Waals surface area contributed by atoms with E-state index in [1.165, 1.54) is 0 Å². The maximum absolute atomic E-state index is 5.74. The third-order valence-electron chi connectivity index (χ3n) is 3.53. The quantitative estimate of drug-likeness (QED) is 0.722. The molecule has 1 aromatic carbocycles. The molecule has 1 atom stereocenters. The van der Waals surface area contributed by atoms with Crippen molar-refractivity contribution in [2.24, 2.45) is 0 Å². The van der Waals surface area contributed by atoms with Crippen molar-refractivity contribution in [1.82, 2.24) is 15.5 Å². The first-order chi connectivity index (χ1) is 11.3. The normalized spacial score (nSPS) is 12.3. The molecule has 0 radical (unpaired) electrons. The second-order valence-corrected chi connectivity index (χ2v) is 5.29. The fraction of sp³-hybridized carbons (Fsp3) is 0.294. The van der Waals surface area contributed by atoms with Crippen molar-refractivity contribution in [2.45, 2.75) is 26.0 Å². The minimum Gasteiger partial charge on any atom is -0.489 e. The molecule has 0 spiro atoms. The van der Waals surface area contributed by atoms with Crippen LogP contribution in [0, 0.1) is 0 Å². The highest BCUT2D eigenvalue weighted by molar-refractivity contribution is 5.50. The second-order valence-electron chi connectivity index (χ2n) is 5.29. The first kappa shape index (κ1) is 15.3. The summed E-state index contributed by atoms with van der Waals surface area (Å²) in [6.45, 7) is 2.43. The molecular weight excluding hydrogens is 294 g/mol. The average Bonchev–Trinajstić information content (AvgIpc) is 3.22. The molecule has 23 heavy (non-hydrogen) atoms. The van der Waals surface area contributed by atoms with Gasteiger partial charge < -0.3 is 19.0 Å². The van der Waals surface area contributed by atoms with Gasteiger partial charge in [-0.05, 0) is 32.2 Å². The van der Waals surface area contributed by atoms with Gasteiger partial charge in [-0.25, -0.2) is 0 Å². The number of ether oxygens (including phenoxy) is 1. The predicted molar refractivity (Wildman–Crippen MR) is 85.0 cm³/mol. The highest BCUT2D eigenvalue weighted by Crippen LogP contribution is 2.25. The van der Waals surface area contributed by atoms with Crippen LogP contribution < -0.4 is 10.1 Å². The van der Waals surface area contributed by atoms with E-state index in [1.807, 2.05) is 43.4 Å². The number of rotatable bonds is 7. The number of nitrogens with one attached hydrogen (secondary N) is 1. The van der Waals surface area contributed by atoms with Gasteiger partial charge in [0.2, 0.25) is 0 Å². The Bertz CT molecular complexity index is 736. The van der Waals surface area contributed by atoms with Gasteiger partial charge in [-0.1, -0.05) is 23.4 Å². The molecule has 0 saturated carbocycles. The molecule has 2 aromatic heterocycles. The zero-order valence-electron chi connectivity index (χ0n) is 13.2. The van der Waals surface area contributed by atoms with Gasteiger partial charge in [0.1, 0.15) is 12.4 Å². The lowest BCUT2D eigenvalue weighted by Gasteiger charge is -2.05. The Labute approximate surface area is 134 Å². The standard InChI is InChI=1S/C17H19N3O3/c1-12(18-2)10-15-19-17(23-20-15)16-13(8-9-21-16)11-22-14-6-4-3-5-7-14/h3-9,12,18H,10-11H2,1-2H3. The van der Waals surface area contributed by atoms with E-state index in [-0.39, 0.29) is 6.04 Å². The van der Waals surface area contributed by atoms with Crippen molar-refractivity contribution >= 4 is 0 Å². The molecule has 0 fully saturated rings. The summed E-state index contributed by atoms with van der Waals surface area (Å²) in [6, 6.07) is 11.7. The molecule has 3 aromatic rings. The van der Waals surface area contributed by atoms with Gasteiger partial charge >= 0.3 is 0 Å². The number of aromatic nitrogens is 2. The first-order valence-electron chi connectivity index (χ1n) is 7.50. The number of para-hydroxylation sites is 1. The van der Waals surface area contributed by atoms with Gasteiger partial charge in [0.15, 0.2) is 11.6 Å². The zero-order valence-corrected chi connectivity index (χ0v) is 13.2. The Kier molecular flexibility index (Phi) is 4.73. The highest BCUT2D eigenvalue weighted by atomic mass is 16.5. The van der Waals surface area contributed by atoms with Gasteiger partial charge in [0, 0.05) is 18.0 Å². The van der Waals surface area contributed by atoms with Crippen molar-refractivity contribution in [2.75, 3.05) is 7.05 Å². The van der Waals surface area contributed by atoms with Gasteiger partial charge in [0.05, 0.1) is 6.26 Å². The number of likely N-dealkylation sites (N-methyl/N-ethyl adjacent to an activating group) is 1. The molecule has 0 aliphatic carbocycles. The van der Waals surface area contributed by atoms with Crippen molar-refractivity contribution in [3.8, 4) is 17.4 Å². The lowest BCUT2D eigenvalue weighted by molar-refractivity contribution is 0.304. The van der Waals surface area contributed by atoms with Crippen LogP contribution >= 0.6 is 0 Å². The summed E-state index contributed by atoms with van der Waals surface area (Å²) in [6.07, 6.45) is 2.29. The van der Waals surface area contributed by atoms with E-state index in [9.17, 15) is 0 Å². The largest absolute Gasteiger partial charge is 0.489 e. The van der Waals surface area contributed by atoms with Crippen LogP contribution in [0.3, 0.4) is 0 Å². The van der Waals surface area contributed by atoms with E-state index in [0.29, 0.717) is 30.5 Å². The third-order valence-corrected chi connectivity index (χ3v) is 3.53. The summed E-state index contributed by atoms with van der Waals surface area (Å²) in [7, 11) is 1.90. The van der Waals surface area contributed by atoms with Crippen LogP contribution in [0.4, 0.5) is 0 Å². The van der Waals surface area contributed by atoms with Crippen LogP contribution in [-0.2, 0) is 13.0 Å². The maximum atomic E-state index is 5.74. The Morgan fingerprint density at radius 1 is 1.22 bits per heavy atom. The van der Waals surface area contributed by atoms with E-state index in [0.717, 1.165) is 11.3 Å². The Morgan fingerprint density at radius 2 is 2.04 bits per heavy atom. The highest BCUT2D eigenvalue weighted by Gasteiger charge is 2.17. The summed E-state index contributed by atoms with van der Waals surface area (Å²) in [4.78, 5) is 4.39. The SMILES string of the molecule is CNC(C)Cc1noc(-c2occc2COc2ccccc2)n1. The molecule has 1 N–H and O–H groups in total. The molecule has 1 unspecified atom stereocenters. The van der Waals surface area contributed by atoms with E-state index in [4.69, 9.17) is 13.7 Å². The number of hydrogen-bond acceptors (Lipinski definition) is 6. The molecule has 0 amide bonds. The van der Waals surface area contributed by atoms with Crippen LogP contribution in [0.2, 0.25) is 0 Å². The third kappa shape index (κ3) is 3.78. The molecule has 0 aliphatic rings. The zero-order chi connectivity index (χ0) is 16.1. The summed E-state index contributed by atoms with van der Waals surface area (Å²) in [5.74, 6) is 2.37. The topological polar surface area (TPSA) is 73.3 Å². The van der Waals surface area contributed by atoms with Gasteiger partial charge in [-0.15, -0.1) is 0 Å². The summed E-state index contributed by atoms with van der Waals surface area (Å²) in [5, 5.41) is 7.13. The van der Waals surface area contributed by atoms with E-state index < -0.39 is 0 Å². The Hall–Kier alpha value is -2.60. The van der Waals surface area contributed by atoms with Gasteiger partial charge in [0.25, 0.3) is 5.89 Å². The number of nitrogens with zero attached hydrogens (tertiary/aromatic N) is 2. The minimum absolute atomic E-state index is 0.276. The lowest BCUT2D eigenvalue weighted by Crippen LogP contribution is -2.24. The predicted octanol–water partition coefficient (Wildman–Crippen LogP) is 3.06. The number of furan rings is 1. The van der Waals surface area contributed by atoms with Crippen LogP contribution in [0.1, 0.15) is 18.3 Å². The molecule has 6 nitrogen and oxygen atoms in total. The van der Waals surface area contributed by atoms with E-state index >= 15 is 0 Å². The second kappa shape index (κ2) is 7.11. The average molecular weight is 313 g/mol. The number of benzene rings is 1. The van der Waals surface area contributed by atoms with Crippen molar-refractivity contribution in [1.29, 1.82) is 0 Å². The van der Waals surface area contributed by atoms with Gasteiger partial charge in [-0.3, -0.25) is 0 Å². The van der Waals surface area contributed by atoms with E-state index in [1.54, 1.807) is 6.26 Å². The lowest BCUT2D eigenvalue weighted by atomic mass is 10.2. The Balaban J connectivity index is 1.71.